The van der Waals surface area contributed by atoms with Gasteiger partial charge in [-0.05, 0) is 50.1 Å². The molecule has 0 unspecified atom stereocenters. The van der Waals surface area contributed by atoms with Crippen LogP contribution in [-0.2, 0) is 9.59 Å². The number of carbonyl (C=O) groups excluding carboxylic acids is 3. The summed E-state index contributed by atoms with van der Waals surface area (Å²) in [6.45, 7) is 5.63. The molecule has 0 spiro atoms. The smallest absolute Gasteiger partial charge is 0.243 e. The Morgan fingerprint density at radius 3 is 2.43 bits per heavy atom. The summed E-state index contributed by atoms with van der Waals surface area (Å²) < 4.78 is 5.21. The molecule has 2 rings (SSSR count). The van der Waals surface area contributed by atoms with Crippen LogP contribution in [0.1, 0.15) is 39.9 Å². The lowest BCUT2D eigenvalue weighted by molar-refractivity contribution is -0.124. The van der Waals surface area contributed by atoms with Gasteiger partial charge in [-0.15, -0.1) is 0 Å². The van der Waals surface area contributed by atoms with E-state index in [0.29, 0.717) is 11.3 Å². The average Bonchev–Trinajstić information content (AvgIpc) is 2.68. The maximum Gasteiger partial charge on any atom is 0.243 e. The number of nitrogens with one attached hydrogen (secondary N) is 2. The molecule has 0 heterocycles. The number of ether oxygens (including phenoxy) is 1. The van der Waals surface area contributed by atoms with E-state index >= 15 is 0 Å². The molecule has 0 saturated carbocycles. The number of rotatable bonds is 8. The van der Waals surface area contributed by atoms with Crippen LogP contribution >= 0.6 is 0 Å². The largest absolute Gasteiger partial charge is 0.496 e. The van der Waals surface area contributed by atoms with Gasteiger partial charge in [-0.2, -0.15) is 0 Å². The van der Waals surface area contributed by atoms with Crippen molar-refractivity contribution >= 4 is 23.3 Å². The number of benzene rings is 2. The molecule has 28 heavy (non-hydrogen) atoms. The topological polar surface area (TPSA) is 84.5 Å². The summed E-state index contributed by atoms with van der Waals surface area (Å²) in [7, 11) is 1.50. The summed E-state index contributed by atoms with van der Waals surface area (Å²) in [6, 6.07) is 11.0. The molecule has 6 nitrogen and oxygen atoms in total. The molecular weight excluding hydrogens is 356 g/mol. The molecule has 6 heteroatoms. The lowest BCUT2D eigenvalue weighted by atomic mass is 10.0. The van der Waals surface area contributed by atoms with Gasteiger partial charge in [-0.25, -0.2) is 0 Å². The summed E-state index contributed by atoms with van der Waals surface area (Å²) in [4.78, 5) is 36.4. The Kier molecular flexibility index (Phi) is 7.32. The minimum Gasteiger partial charge on any atom is -0.496 e. The number of hydrogen-bond acceptors (Lipinski definition) is 4. The number of anilines is 1. The molecule has 0 aliphatic rings. The molecular formula is C22H26N2O4. The van der Waals surface area contributed by atoms with Gasteiger partial charge in [0.25, 0.3) is 0 Å². The van der Waals surface area contributed by atoms with Gasteiger partial charge in [0.15, 0.2) is 5.78 Å². The molecule has 148 valence electrons. The van der Waals surface area contributed by atoms with Crippen LogP contribution in [0.15, 0.2) is 36.4 Å². The summed E-state index contributed by atoms with van der Waals surface area (Å²) in [5.74, 6) is -0.343. The fourth-order valence-corrected chi connectivity index (χ4v) is 2.75. The van der Waals surface area contributed by atoms with Gasteiger partial charge in [0.2, 0.25) is 11.8 Å². The second-order valence-electron chi connectivity index (χ2n) is 6.70. The Morgan fingerprint density at radius 1 is 0.964 bits per heavy atom. The summed E-state index contributed by atoms with van der Waals surface area (Å²) >= 11 is 0. The maximum absolute atomic E-state index is 12.4. The van der Waals surface area contributed by atoms with Gasteiger partial charge in [0.1, 0.15) is 5.75 Å². The molecule has 0 aliphatic heterocycles. The Balaban J connectivity index is 1.83. The summed E-state index contributed by atoms with van der Waals surface area (Å²) in [5, 5.41) is 5.33. The van der Waals surface area contributed by atoms with Crippen LogP contribution in [0.25, 0.3) is 0 Å². The standard InChI is InChI=1S/C22H26N2O4/c1-14-8-10-20(28-4)17(12-14)19(25)9-11-21(26)23-13-22(27)24-18-7-5-6-15(2)16(18)3/h5-8,10,12H,9,11,13H2,1-4H3,(H,23,26)(H,24,27). The third kappa shape index (κ3) is 5.67. The SMILES string of the molecule is COc1ccc(C)cc1C(=O)CCC(=O)NCC(=O)Nc1cccc(C)c1C. The van der Waals surface area contributed by atoms with Gasteiger partial charge in [-0.1, -0.05) is 23.8 Å². The first kappa shape index (κ1) is 21.2. The van der Waals surface area contributed by atoms with Crippen LogP contribution < -0.4 is 15.4 Å². The lowest BCUT2D eigenvalue weighted by Crippen LogP contribution is -2.33. The monoisotopic (exact) mass is 382 g/mol. The van der Waals surface area contributed by atoms with Gasteiger partial charge in [0.05, 0.1) is 19.2 Å². The van der Waals surface area contributed by atoms with Crippen LogP contribution in [-0.4, -0.2) is 31.3 Å². The first-order valence-corrected chi connectivity index (χ1v) is 9.12. The van der Waals surface area contributed by atoms with E-state index in [-0.39, 0.29) is 37.0 Å². The van der Waals surface area contributed by atoms with E-state index < -0.39 is 0 Å². The zero-order valence-corrected chi connectivity index (χ0v) is 16.7. The molecule has 0 fully saturated rings. The van der Waals surface area contributed by atoms with Crippen LogP contribution in [0.4, 0.5) is 5.69 Å². The number of hydrogen-bond donors (Lipinski definition) is 2. The normalized spacial score (nSPS) is 10.3. The molecule has 0 radical (unpaired) electrons. The van der Waals surface area contributed by atoms with Crippen LogP contribution in [0.3, 0.4) is 0 Å². The van der Waals surface area contributed by atoms with E-state index in [2.05, 4.69) is 10.6 Å². The third-order valence-electron chi connectivity index (χ3n) is 4.56. The Bertz CT molecular complexity index is 890. The van der Waals surface area contributed by atoms with E-state index in [4.69, 9.17) is 4.74 Å². The number of aryl methyl sites for hydroxylation is 2. The fourth-order valence-electron chi connectivity index (χ4n) is 2.75. The molecule has 2 N–H and O–H groups in total. The predicted octanol–water partition coefficient (Wildman–Crippen LogP) is 3.34. The van der Waals surface area contributed by atoms with Gasteiger partial charge < -0.3 is 15.4 Å². The first-order chi connectivity index (χ1) is 13.3. The van der Waals surface area contributed by atoms with Gasteiger partial charge in [0, 0.05) is 18.5 Å². The molecule has 0 atom stereocenters. The first-order valence-electron chi connectivity index (χ1n) is 9.12. The Labute approximate surface area is 165 Å². The van der Waals surface area contributed by atoms with E-state index in [1.54, 1.807) is 12.1 Å². The number of Topliss-reactive ketones (excluding diaryl/α,β-unsaturated/α-hetero) is 1. The quantitative estimate of drug-likeness (QED) is 0.686. The van der Waals surface area contributed by atoms with Crippen molar-refractivity contribution in [2.45, 2.75) is 33.6 Å². The molecule has 0 saturated heterocycles. The highest BCUT2D eigenvalue weighted by molar-refractivity contribution is 6.01. The van der Waals surface area contributed by atoms with Crippen molar-refractivity contribution in [3.05, 3.63) is 58.7 Å². The van der Waals surface area contributed by atoms with E-state index in [1.807, 2.05) is 45.0 Å². The Morgan fingerprint density at radius 2 is 1.71 bits per heavy atom. The highest BCUT2D eigenvalue weighted by atomic mass is 16.5. The lowest BCUT2D eigenvalue weighted by Gasteiger charge is -2.11. The van der Waals surface area contributed by atoms with Crippen molar-refractivity contribution in [3.63, 3.8) is 0 Å². The highest BCUT2D eigenvalue weighted by Gasteiger charge is 2.15. The van der Waals surface area contributed by atoms with Crippen molar-refractivity contribution in [3.8, 4) is 5.75 Å². The third-order valence-corrected chi connectivity index (χ3v) is 4.56. The Hall–Kier alpha value is -3.15. The highest BCUT2D eigenvalue weighted by Crippen LogP contribution is 2.21. The molecule has 2 amide bonds. The number of ketones is 1. The van der Waals surface area contributed by atoms with Crippen molar-refractivity contribution in [2.24, 2.45) is 0 Å². The molecule has 2 aromatic carbocycles. The summed E-state index contributed by atoms with van der Waals surface area (Å²) in [6.07, 6.45) is 0.0525. The summed E-state index contributed by atoms with van der Waals surface area (Å²) in [5.41, 5.74) is 4.19. The number of amides is 2. The van der Waals surface area contributed by atoms with Crippen molar-refractivity contribution < 1.29 is 19.1 Å². The average molecular weight is 382 g/mol. The minimum atomic E-state index is -0.351. The zero-order chi connectivity index (χ0) is 20.7. The molecule has 2 aromatic rings. The van der Waals surface area contributed by atoms with Crippen molar-refractivity contribution in [1.29, 1.82) is 0 Å². The van der Waals surface area contributed by atoms with Gasteiger partial charge >= 0.3 is 0 Å². The van der Waals surface area contributed by atoms with E-state index in [1.165, 1.54) is 7.11 Å². The van der Waals surface area contributed by atoms with E-state index in [9.17, 15) is 14.4 Å². The maximum atomic E-state index is 12.4. The molecule has 0 aliphatic carbocycles. The van der Waals surface area contributed by atoms with E-state index in [0.717, 1.165) is 22.4 Å². The van der Waals surface area contributed by atoms with Crippen LogP contribution in [0, 0.1) is 20.8 Å². The fraction of sp³-hybridized carbons (Fsp3) is 0.318. The second-order valence-corrected chi connectivity index (χ2v) is 6.70. The van der Waals surface area contributed by atoms with Crippen molar-refractivity contribution in [2.75, 3.05) is 19.0 Å². The number of carbonyl (C=O) groups is 3. The molecule has 0 bridgehead atoms. The minimum absolute atomic E-state index is 0.00663. The van der Waals surface area contributed by atoms with Gasteiger partial charge in [-0.3, -0.25) is 14.4 Å². The number of methoxy groups -OCH3 is 1. The van der Waals surface area contributed by atoms with Crippen molar-refractivity contribution in [1.82, 2.24) is 5.32 Å². The second kappa shape index (κ2) is 9.69. The van der Waals surface area contributed by atoms with Crippen LogP contribution in [0.2, 0.25) is 0 Å². The molecule has 0 aromatic heterocycles. The predicted molar refractivity (Wildman–Crippen MR) is 109 cm³/mol. The zero-order valence-electron chi connectivity index (χ0n) is 16.7. The van der Waals surface area contributed by atoms with Crippen LogP contribution in [0.5, 0.6) is 5.75 Å².